The minimum Gasteiger partial charge on any atom is -0.488 e. The molecule has 10 heteroatoms. The fraction of sp³-hybridized carbons (Fsp3) is 0.105. The van der Waals surface area contributed by atoms with Crippen LogP contribution in [0, 0.1) is 0 Å². The van der Waals surface area contributed by atoms with Gasteiger partial charge in [0.1, 0.15) is 17.9 Å². The minimum absolute atomic E-state index is 0.139. The van der Waals surface area contributed by atoms with Crippen LogP contribution in [0.5, 0.6) is 5.75 Å². The molecule has 29 heavy (non-hydrogen) atoms. The number of amides is 1. The third-order valence-electron chi connectivity index (χ3n) is 3.56. The Balaban J connectivity index is 1.60. The number of hydrogen-bond donors (Lipinski definition) is 1. The monoisotopic (exact) mass is 514 g/mol. The van der Waals surface area contributed by atoms with Gasteiger partial charge in [0.15, 0.2) is 11.7 Å². The van der Waals surface area contributed by atoms with E-state index in [-0.39, 0.29) is 12.2 Å². The molecule has 2 aromatic carbocycles. The second-order valence-electron chi connectivity index (χ2n) is 5.61. The lowest BCUT2D eigenvalue weighted by Gasteiger charge is -2.12. The summed E-state index contributed by atoms with van der Waals surface area (Å²) >= 11 is 16.5. The van der Waals surface area contributed by atoms with Crippen molar-refractivity contribution in [3.8, 4) is 5.75 Å². The van der Waals surface area contributed by atoms with Crippen LogP contribution in [-0.4, -0.2) is 23.5 Å². The first-order valence-corrected chi connectivity index (χ1v) is 10.5. The predicted octanol–water partition coefficient (Wildman–Crippen LogP) is 5.59. The zero-order chi connectivity index (χ0) is 20.8. The van der Waals surface area contributed by atoms with Gasteiger partial charge in [-0.15, -0.1) is 0 Å². The third kappa shape index (κ3) is 6.17. The number of ether oxygens (including phenoxy) is 2. The van der Waals surface area contributed by atoms with Crippen LogP contribution in [0.2, 0.25) is 10.0 Å². The topological polar surface area (TPSA) is 77.5 Å². The molecule has 0 aliphatic rings. The van der Waals surface area contributed by atoms with E-state index < -0.39 is 18.5 Å². The summed E-state index contributed by atoms with van der Waals surface area (Å²) in [6.45, 7) is -0.312. The lowest BCUT2D eigenvalue weighted by atomic mass is 10.2. The minimum atomic E-state index is -0.682. The molecule has 0 spiro atoms. The zero-order valence-corrected chi connectivity index (χ0v) is 18.6. The maximum absolute atomic E-state index is 12.4. The van der Waals surface area contributed by atoms with Gasteiger partial charge in [0, 0.05) is 15.6 Å². The van der Waals surface area contributed by atoms with Crippen molar-refractivity contribution >= 4 is 67.5 Å². The van der Waals surface area contributed by atoms with Gasteiger partial charge in [0.2, 0.25) is 0 Å². The molecule has 0 saturated heterocycles. The molecule has 0 aliphatic heterocycles. The molecule has 1 N–H and O–H groups in total. The number of nitrogens with zero attached hydrogens (tertiary/aromatic N) is 1. The first-order chi connectivity index (χ1) is 13.9. The second-order valence-corrected chi connectivity index (χ2v) is 8.87. The first-order valence-electron chi connectivity index (χ1n) is 8.16. The van der Waals surface area contributed by atoms with Gasteiger partial charge in [-0.2, -0.15) is 0 Å². The quantitative estimate of drug-likeness (QED) is 0.415. The Labute approximate surface area is 188 Å². The smallest absolute Gasteiger partial charge is 0.342 e. The number of esters is 1. The Morgan fingerprint density at radius 2 is 1.97 bits per heavy atom. The zero-order valence-electron chi connectivity index (χ0n) is 14.7. The molecule has 1 heterocycles. The molecule has 0 saturated carbocycles. The number of thiazole rings is 1. The summed E-state index contributed by atoms with van der Waals surface area (Å²) in [5.74, 6) is -0.863. The molecule has 0 radical (unpaired) electrons. The second kappa shape index (κ2) is 10.1. The first kappa shape index (κ1) is 21.6. The Hall–Kier alpha value is -2.13. The number of para-hydroxylation sites is 1. The summed E-state index contributed by atoms with van der Waals surface area (Å²) in [5, 5.41) is 3.93. The average Bonchev–Trinajstić information content (AvgIpc) is 3.10. The number of halogens is 3. The molecule has 3 aromatic rings. The van der Waals surface area contributed by atoms with Crippen LogP contribution >= 0.6 is 50.5 Å². The Bertz CT molecular complexity index is 1040. The number of benzene rings is 2. The van der Waals surface area contributed by atoms with Gasteiger partial charge in [0.25, 0.3) is 5.91 Å². The molecule has 150 valence electrons. The molecule has 6 nitrogen and oxygen atoms in total. The molecule has 1 aromatic heterocycles. The normalized spacial score (nSPS) is 10.4. The molecule has 0 unspecified atom stereocenters. The number of carbonyl (C=O) groups is 2. The molecule has 0 fully saturated rings. The van der Waals surface area contributed by atoms with Gasteiger partial charge in [-0.25, -0.2) is 9.78 Å². The largest absolute Gasteiger partial charge is 0.488 e. The van der Waals surface area contributed by atoms with Crippen molar-refractivity contribution < 1.29 is 19.1 Å². The van der Waals surface area contributed by atoms with Crippen LogP contribution < -0.4 is 10.1 Å². The van der Waals surface area contributed by atoms with Gasteiger partial charge in [-0.3, -0.25) is 10.1 Å². The van der Waals surface area contributed by atoms with E-state index in [0.29, 0.717) is 26.5 Å². The predicted molar refractivity (Wildman–Crippen MR) is 116 cm³/mol. The average molecular weight is 516 g/mol. The Kier molecular flexibility index (Phi) is 7.49. The molecule has 3 rings (SSSR count). The molecule has 0 aliphatic carbocycles. The van der Waals surface area contributed by atoms with Crippen molar-refractivity contribution in [2.75, 3.05) is 11.9 Å². The van der Waals surface area contributed by atoms with Crippen molar-refractivity contribution in [2.45, 2.75) is 6.61 Å². The Morgan fingerprint density at radius 1 is 1.17 bits per heavy atom. The van der Waals surface area contributed by atoms with E-state index in [9.17, 15) is 9.59 Å². The van der Waals surface area contributed by atoms with Crippen molar-refractivity contribution in [3.63, 3.8) is 0 Å². The van der Waals surface area contributed by atoms with Crippen molar-refractivity contribution in [3.05, 3.63) is 73.6 Å². The van der Waals surface area contributed by atoms with Gasteiger partial charge in [0.05, 0.1) is 9.98 Å². The molecule has 0 atom stereocenters. The van der Waals surface area contributed by atoms with Gasteiger partial charge < -0.3 is 9.47 Å². The lowest BCUT2D eigenvalue weighted by Crippen LogP contribution is -2.21. The van der Waals surface area contributed by atoms with Crippen LogP contribution in [0.4, 0.5) is 5.13 Å². The van der Waals surface area contributed by atoms with E-state index in [1.165, 1.54) is 11.3 Å². The SMILES string of the molecule is O=C(COC(=O)c1ccccc1OCc1ccc(Cl)cc1Cl)Nc1ncc(Br)s1. The van der Waals surface area contributed by atoms with Crippen molar-refractivity contribution in [1.29, 1.82) is 0 Å². The van der Waals surface area contributed by atoms with E-state index in [1.807, 2.05) is 0 Å². The van der Waals surface area contributed by atoms with Crippen molar-refractivity contribution in [2.24, 2.45) is 0 Å². The fourth-order valence-electron chi connectivity index (χ4n) is 2.23. The summed E-state index contributed by atoms with van der Waals surface area (Å²) < 4.78 is 11.6. The third-order valence-corrected chi connectivity index (χ3v) is 5.54. The number of nitrogens with one attached hydrogen (secondary N) is 1. The molecular formula is C19H13BrCl2N2O4S. The Morgan fingerprint density at radius 3 is 2.69 bits per heavy atom. The standard InChI is InChI=1S/C19H13BrCl2N2O4S/c20-16-8-23-19(29-16)24-17(25)10-28-18(26)13-3-1-2-4-15(13)27-9-11-5-6-12(21)7-14(11)22/h1-8H,9-10H2,(H,23,24,25). The van der Waals surface area contributed by atoms with E-state index >= 15 is 0 Å². The number of anilines is 1. The van der Waals surface area contributed by atoms with Crippen molar-refractivity contribution in [1.82, 2.24) is 4.98 Å². The highest BCUT2D eigenvalue weighted by atomic mass is 79.9. The highest BCUT2D eigenvalue weighted by Crippen LogP contribution is 2.25. The van der Waals surface area contributed by atoms with E-state index in [0.717, 1.165) is 3.79 Å². The summed E-state index contributed by atoms with van der Waals surface area (Å²) in [7, 11) is 0. The number of carbonyl (C=O) groups excluding carboxylic acids is 2. The van der Waals surface area contributed by atoms with Crippen LogP contribution in [0.1, 0.15) is 15.9 Å². The summed E-state index contributed by atoms with van der Waals surface area (Å²) in [6.07, 6.45) is 1.56. The summed E-state index contributed by atoms with van der Waals surface area (Å²) in [4.78, 5) is 28.3. The van der Waals surface area contributed by atoms with Crippen LogP contribution in [0.3, 0.4) is 0 Å². The molecule has 0 bridgehead atoms. The molecular weight excluding hydrogens is 503 g/mol. The molecule has 1 amide bonds. The fourth-order valence-corrected chi connectivity index (χ4v) is 3.82. The highest BCUT2D eigenvalue weighted by Gasteiger charge is 2.16. The van der Waals surface area contributed by atoms with Gasteiger partial charge >= 0.3 is 5.97 Å². The van der Waals surface area contributed by atoms with E-state index in [4.69, 9.17) is 32.7 Å². The van der Waals surface area contributed by atoms with E-state index in [2.05, 4.69) is 26.2 Å². The van der Waals surface area contributed by atoms with Crippen LogP contribution in [-0.2, 0) is 16.1 Å². The lowest BCUT2D eigenvalue weighted by molar-refractivity contribution is -0.119. The van der Waals surface area contributed by atoms with Crippen LogP contribution in [0.25, 0.3) is 0 Å². The van der Waals surface area contributed by atoms with E-state index in [1.54, 1.807) is 48.7 Å². The van der Waals surface area contributed by atoms with Gasteiger partial charge in [-0.05, 0) is 40.2 Å². The highest BCUT2D eigenvalue weighted by molar-refractivity contribution is 9.11. The maximum atomic E-state index is 12.4. The van der Waals surface area contributed by atoms with Gasteiger partial charge in [-0.1, -0.05) is 52.7 Å². The summed E-state index contributed by atoms with van der Waals surface area (Å²) in [5.41, 5.74) is 0.913. The maximum Gasteiger partial charge on any atom is 0.342 e. The number of aromatic nitrogens is 1. The summed E-state index contributed by atoms with van der Waals surface area (Å²) in [6, 6.07) is 11.6. The number of rotatable bonds is 7. The van der Waals surface area contributed by atoms with Crippen LogP contribution in [0.15, 0.2) is 52.4 Å². The number of hydrogen-bond acceptors (Lipinski definition) is 6.